The van der Waals surface area contributed by atoms with E-state index in [1.54, 1.807) is 65.8 Å². The second-order valence-corrected chi connectivity index (χ2v) is 14.3. The number of carbonyl (C=O) groups excluding carboxylic acids is 4. The van der Waals surface area contributed by atoms with Gasteiger partial charge in [0.2, 0.25) is 5.91 Å². The number of pyridine rings is 1. The largest absolute Gasteiger partial charge is 0.449 e. The zero-order valence-electron chi connectivity index (χ0n) is 29.9. The molecule has 4 bridgehead atoms. The zero-order valence-corrected chi connectivity index (χ0v) is 29.9. The molecule has 0 saturated carbocycles. The first-order valence-electron chi connectivity index (χ1n) is 16.9. The molecule has 0 saturated heterocycles. The standard InChI is InChI=1S/C39H45N5O7/c1-38(2,3)50-36(47)44(37(48)51-39(4,5)6)33-31-15-14-29(23-28(31)16-19-41-33)40-20-17-32-27-12-10-25(11-13-27)18-21-49-35(46)43-30-9-7-8-26(22-30)24-42-34(32)45/h7-16,19,22-23,32,40H,17-18,20-21,24H2,1-6H3,(H,42,45)(H,43,46). The molecular formula is C39H45N5O7. The minimum absolute atomic E-state index is 0.0909. The highest BCUT2D eigenvalue weighted by molar-refractivity contribution is 6.14. The Morgan fingerprint density at radius 3 is 2.29 bits per heavy atom. The number of nitrogens with zero attached hydrogens (tertiary/aromatic N) is 2. The molecule has 1 aromatic heterocycles. The maximum absolute atomic E-state index is 13.6. The van der Waals surface area contributed by atoms with Crippen LogP contribution in [0.1, 0.15) is 70.6 Å². The Kier molecular flexibility index (Phi) is 11.1. The van der Waals surface area contributed by atoms with Crippen molar-refractivity contribution in [1.29, 1.82) is 0 Å². The smallest absolute Gasteiger partial charge is 0.425 e. The van der Waals surface area contributed by atoms with Crippen molar-refractivity contribution in [2.24, 2.45) is 0 Å². The second kappa shape index (κ2) is 15.5. The molecule has 3 heterocycles. The lowest BCUT2D eigenvalue weighted by molar-refractivity contribution is -0.122. The molecular weight excluding hydrogens is 650 g/mol. The van der Waals surface area contributed by atoms with Crippen LogP contribution in [0.4, 0.5) is 31.6 Å². The maximum Gasteiger partial charge on any atom is 0.425 e. The van der Waals surface area contributed by atoms with Gasteiger partial charge in [-0.25, -0.2) is 19.4 Å². The quantitative estimate of drug-likeness (QED) is 0.177. The van der Waals surface area contributed by atoms with Crippen molar-refractivity contribution in [1.82, 2.24) is 10.3 Å². The fourth-order valence-electron chi connectivity index (χ4n) is 5.53. The van der Waals surface area contributed by atoms with Crippen molar-refractivity contribution in [3.63, 3.8) is 0 Å². The number of nitrogens with one attached hydrogen (secondary N) is 3. The fraction of sp³-hybridized carbons (Fsp3) is 0.359. The van der Waals surface area contributed by atoms with E-state index in [0.717, 1.165) is 32.7 Å². The van der Waals surface area contributed by atoms with Gasteiger partial charge >= 0.3 is 18.3 Å². The van der Waals surface area contributed by atoms with E-state index in [0.29, 0.717) is 30.5 Å². The molecule has 0 aliphatic carbocycles. The molecule has 6 rings (SSSR count). The summed E-state index contributed by atoms with van der Waals surface area (Å²) in [7, 11) is 0. The highest BCUT2D eigenvalue weighted by Gasteiger charge is 2.34. The molecule has 0 radical (unpaired) electrons. The molecule has 1 atom stereocenters. The Labute approximate surface area is 297 Å². The number of fused-ring (bicyclic) bond motifs is 10. The number of ether oxygens (including phenoxy) is 3. The van der Waals surface area contributed by atoms with Gasteiger partial charge in [0.05, 0.1) is 12.5 Å². The number of hydrogen-bond donors (Lipinski definition) is 3. The molecule has 4 aromatic rings. The number of hydrogen-bond acceptors (Lipinski definition) is 9. The average molecular weight is 696 g/mol. The molecule has 1 unspecified atom stereocenters. The number of imide groups is 1. The van der Waals surface area contributed by atoms with Crippen LogP contribution < -0.4 is 20.9 Å². The first-order valence-corrected chi connectivity index (χ1v) is 16.9. The number of amides is 4. The summed E-state index contributed by atoms with van der Waals surface area (Å²) in [4.78, 5) is 57.7. The molecule has 2 aliphatic heterocycles. The average Bonchev–Trinajstić information content (AvgIpc) is 3.04. The minimum atomic E-state index is -0.896. The fourth-order valence-corrected chi connectivity index (χ4v) is 5.53. The van der Waals surface area contributed by atoms with Gasteiger partial charge in [0, 0.05) is 42.5 Å². The zero-order chi connectivity index (χ0) is 36.8. The minimum Gasteiger partial charge on any atom is -0.449 e. The Hall–Kier alpha value is -5.65. The Morgan fingerprint density at radius 1 is 0.902 bits per heavy atom. The first-order chi connectivity index (χ1) is 24.1. The molecule has 0 fully saturated rings. The Balaban J connectivity index is 1.35. The third-order valence-corrected chi connectivity index (χ3v) is 7.83. The third kappa shape index (κ3) is 10.2. The van der Waals surface area contributed by atoms with Crippen molar-refractivity contribution >= 4 is 52.2 Å². The second-order valence-electron chi connectivity index (χ2n) is 14.3. The lowest BCUT2D eigenvalue weighted by atomic mass is 9.93. The number of carbonyl (C=O) groups is 4. The topological polar surface area (TPSA) is 148 Å². The maximum atomic E-state index is 13.6. The van der Waals surface area contributed by atoms with Gasteiger partial charge in [-0.2, -0.15) is 4.90 Å². The summed E-state index contributed by atoms with van der Waals surface area (Å²) in [6, 6.07) is 22.3. The summed E-state index contributed by atoms with van der Waals surface area (Å²) in [5, 5.41) is 10.5. The van der Waals surface area contributed by atoms with Crippen molar-refractivity contribution in [3.05, 3.63) is 95.7 Å². The normalized spacial score (nSPS) is 15.3. The number of benzene rings is 3. The predicted octanol–water partition coefficient (Wildman–Crippen LogP) is 7.92. The van der Waals surface area contributed by atoms with Crippen LogP contribution in [-0.4, -0.2) is 53.5 Å². The van der Waals surface area contributed by atoms with Crippen LogP contribution >= 0.6 is 0 Å². The summed E-state index contributed by atoms with van der Waals surface area (Å²) in [5.74, 6) is -0.465. The van der Waals surface area contributed by atoms with Crippen molar-refractivity contribution in [3.8, 4) is 0 Å². The molecule has 12 heteroatoms. The van der Waals surface area contributed by atoms with Crippen LogP contribution in [0.2, 0.25) is 0 Å². The van der Waals surface area contributed by atoms with E-state index in [4.69, 9.17) is 14.2 Å². The van der Waals surface area contributed by atoms with Gasteiger partial charge in [-0.05, 0) is 106 Å². The van der Waals surface area contributed by atoms with E-state index < -0.39 is 35.4 Å². The Morgan fingerprint density at radius 2 is 1.61 bits per heavy atom. The molecule has 12 nitrogen and oxygen atoms in total. The molecule has 4 amide bonds. The highest BCUT2D eigenvalue weighted by atomic mass is 16.6. The van der Waals surface area contributed by atoms with Crippen LogP contribution in [0.5, 0.6) is 0 Å². The molecule has 3 N–H and O–H groups in total. The van der Waals surface area contributed by atoms with Crippen LogP contribution in [0.15, 0.2) is 79.0 Å². The van der Waals surface area contributed by atoms with Crippen molar-refractivity contribution in [2.75, 3.05) is 28.7 Å². The van der Waals surface area contributed by atoms with Crippen LogP contribution in [0, 0.1) is 0 Å². The van der Waals surface area contributed by atoms with Gasteiger partial charge in [-0.15, -0.1) is 0 Å². The summed E-state index contributed by atoms with van der Waals surface area (Å²) in [6.45, 7) is 11.3. The number of rotatable bonds is 5. The summed E-state index contributed by atoms with van der Waals surface area (Å²) in [6.07, 6.45) is 0.235. The molecule has 3 aromatic carbocycles. The van der Waals surface area contributed by atoms with E-state index in [1.165, 1.54) is 6.20 Å². The lowest BCUT2D eigenvalue weighted by Crippen LogP contribution is -2.44. The number of aromatic nitrogens is 1. The molecule has 51 heavy (non-hydrogen) atoms. The van der Waals surface area contributed by atoms with E-state index in [9.17, 15) is 19.2 Å². The predicted molar refractivity (Wildman–Crippen MR) is 196 cm³/mol. The van der Waals surface area contributed by atoms with Gasteiger partial charge in [-0.1, -0.05) is 36.4 Å². The summed E-state index contributed by atoms with van der Waals surface area (Å²) in [5.41, 5.74) is 2.34. The molecule has 0 spiro atoms. The monoisotopic (exact) mass is 695 g/mol. The molecule has 268 valence electrons. The lowest BCUT2D eigenvalue weighted by Gasteiger charge is -2.28. The summed E-state index contributed by atoms with van der Waals surface area (Å²) < 4.78 is 16.5. The van der Waals surface area contributed by atoms with Crippen molar-refractivity contribution < 1.29 is 33.4 Å². The summed E-state index contributed by atoms with van der Waals surface area (Å²) >= 11 is 0. The van der Waals surface area contributed by atoms with Crippen molar-refractivity contribution in [2.45, 2.75) is 78.0 Å². The first kappa shape index (κ1) is 36.6. The van der Waals surface area contributed by atoms with Gasteiger partial charge in [0.15, 0.2) is 5.82 Å². The SMILES string of the molecule is CC(C)(C)OC(=O)N(C(=O)OC(C)(C)C)c1nccc2cc(NCCC3C(=O)NCc4cccc(c4)NC(=O)OCCc4ccc3cc4)ccc12. The third-order valence-electron chi connectivity index (χ3n) is 7.83. The van der Waals surface area contributed by atoms with Gasteiger partial charge < -0.3 is 24.8 Å². The van der Waals surface area contributed by atoms with Gasteiger partial charge in [0.25, 0.3) is 0 Å². The van der Waals surface area contributed by atoms with E-state index in [1.807, 2.05) is 48.5 Å². The van der Waals surface area contributed by atoms with Gasteiger partial charge in [-0.3, -0.25) is 10.1 Å². The van der Waals surface area contributed by atoms with E-state index in [2.05, 4.69) is 20.9 Å². The van der Waals surface area contributed by atoms with E-state index >= 15 is 0 Å². The van der Waals surface area contributed by atoms with Crippen LogP contribution in [0.3, 0.4) is 0 Å². The van der Waals surface area contributed by atoms with Crippen LogP contribution in [-0.2, 0) is 32.0 Å². The Bertz CT molecular complexity index is 1870. The van der Waals surface area contributed by atoms with Crippen LogP contribution in [0.25, 0.3) is 10.8 Å². The highest BCUT2D eigenvalue weighted by Crippen LogP contribution is 2.30. The van der Waals surface area contributed by atoms with Gasteiger partial charge in [0.1, 0.15) is 11.2 Å². The molecule has 2 aliphatic rings. The number of anilines is 3. The van der Waals surface area contributed by atoms with E-state index in [-0.39, 0.29) is 24.9 Å².